The first-order valence-electron chi connectivity index (χ1n) is 3.22. The van der Waals surface area contributed by atoms with Gasteiger partial charge < -0.3 is 15.2 Å². The summed E-state index contributed by atoms with van der Waals surface area (Å²) < 4.78 is 8.27. The Labute approximate surface area is 68.6 Å². The van der Waals surface area contributed by atoms with E-state index in [0.717, 1.165) is 0 Å². The van der Waals surface area contributed by atoms with Gasteiger partial charge in [0.15, 0.2) is 0 Å². The SMILES string of the molecule is CCOC(=O)CC(=O)OC(N)=O. The van der Waals surface area contributed by atoms with Crippen LogP contribution in [0.15, 0.2) is 0 Å². The van der Waals surface area contributed by atoms with Crippen molar-refractivity contribution in [2.24, 2.45) is 5.73 Å². The number of carbonyl (C=O) groups is 3. The second-order valence-corrected chi connectivity index (χ2v) is 1.77. The van der Waals surface area contributed by atoms with Gasteiger partial charge in [-0.2, -0.15) is 0 Å². The van der Waals surface area contributed by atoms with E-state index >= 15 is 0 Å². The highest BCUT2D eigenvalue weighted by Crippen LogP contribution is 1.90. The van der Waals surface area contributed by atoms with E-state index in [2.05, 4.69) is 15.2 Å². The first-order valence-corrected chi connectivity index (χ1v) is 3.22. The fourth-order valence-electron chi connectivity index (χ4n) is 0.478. The molecule has 0 aliphatic rings. The molecule has 2 N–H and O–H groups in total. The maximum absolute atomic E-state index is 10.6. The molecule has 1 amide bonds. The molecule has 0 unspecified atom stereocenters. The minimum absolute atomic E-state index is 0.169. The van der Waals surface area contributed by atoms with Crippen molar-refractivity contribution in [2.45, 2.75) is 13.3 Å². The van der Waals surface area contributed by atoms with Crippen LogP contribution in [0.5, 0.6) is 0 Å². The Morgan fingerprint density at radius 1 is 1.25 bits per heavy atom. The molecular formula is C6H9NO5. The normalized spacial score (nSPS) is 8.75. The van der Waals surface area contributed by atoms with Crippen molar-refractivity contribution < 1.29 is 23.9 Å². The first-order chi connectivity index (χ1) is 5.56. The van der Waals surface area contributed by atoms with Crippen LogP contribution in [-0.4, -0.2) is 24.6 Å². The lowest BCUT2D eigenvalue weighted by Gasteiger charge is -1.99. The summed E-state index contributed by atoms with van der Waals surface area (Å²) in [6.45, 7) is 1.76. The van der Waals surface area contributed by atoms with E-state index in [1.165, 1.54) is 0 Å². The zero-order valence-electron chi connectivity index (χ0n) is 6.53. The van der Waals surface area contributed by atoms with E-state index in [9.17, 15) is 14.4 Å². The van der Waals surface area contributed by atoms with E-state index < -0.39 is 24.5 Å². The van der Waals surface area contributed by atoms with Crippen molar-refractivity contribution in [1.29, 1.82) is 0 Å². The number of amides is 1. The predicted molar refractivity (Wildman–Crippen MR) is 36.9 cm³/mol. The van der Waals surface area contributed by atoms with Gasteiger partial charge in [0.1, 0.15) is 6.42 Å². The van der Waals surface area contributed by atoms with Gasteiger partial charge >= 0.3 is 18.0 Å². The van der Waals surface area contributed by atoms with Crippen LogP contribution in [-0.2, 0) is 19.1 Å². The molecule has 0 radical (unpaired) electrons. The van der Waals surface area contributed by atoms with Gasteiger partial charge in [-0.15, -0.1) is 0 Å². The maximum Gasteiger partial charge on any atom is 0.412 e. The van der Waals surface area contributed by atoms with E-state index in [0.29, 0.717) is 0 Å². The van der Waals surface area contributed by atoms with Crippen molar-refractivity contribution in [3.05, 3.63) is 0 Å². The van der Waals surface area contributed by atoms with Crippen LogP contribution >= 0.6 is 0 Å². The van der Waals surface area contributed by atoms with Crippen molar-refractivity contribution >= 4 is 18.0 Å². The monoisotopic (exact) mass is 175 g/mol. The van der Waals surface area contributed by atoms with Crippen LogP contribution in [0.25, 0.3) is 0 Å². The van der Waals surface area contributed by atoms with Gasteiger partial charge in [0.25, 0.3) is 0 Å². The summed E-state index contributed by atoms with van der Waals surface area (Å²) in [4.78, 5) is 31.1. The lowest BCUT2D eigenvalue weighted by Crippen LogP contribution is -2.21. The fourth-order valence-corrected chi connectivity index (χ4v) is 0.478. The lowest BCUT2D eigenvalue weighted by atomic mass is 10.4. The van der Waals surface area contributed by atoms with Crippen LogP contribution in [0.4, 0.5) is 4.79 Å². The minimum atomic E-state index is -1.23. The van der Waals surface area contributed by atoms with Crippen LogP contribution in [0.2, 0.25) is 0 Å². The Morgan fingerprint density at radius 3 is 2.25 bits per heavy atom. The molecule has 0 atom stereocenters. The van der Waals surface area contributed by atoms with Crippen LogP contribution in [0, 0.1) is 0 Å². The number of carbonyl (C=O) groups excluding carboxylic acids is 3. The summed E-state index contributed by atoms with van der Waals surface area (Å²) in [6.07, 6.45) is -1.83. The molecule has 0 aliphatic carbocycles. The smallest absolute Gasteiger partial charge is 0.412 e. The van der Waals surface area contributed by atoms with Gasteiger partial charge in [0.2, 0.25) is 0 Å². The Bertz CT molecular complexity index is 200. The molecule has 12 heavy (non-hydrogen) atoms. The Kier molecular flexibility index (Phi) is 4.43. The summed E-state index contributed by atoms with van der Waals surface area (Å²) in [5, 5.41) is 0. The number of hydrogen-bond donors (Lipinski definition) is 1. The molecule has 0 aromatic heterocycles. The maximum atomic E-state index is 10.6. The molecule has 0 spiro atoms. The Morgan fingerprint density at radius 2 is 1.83 bits per heavy atom. The molecule has 6 heteroatoms. The van der Waals surface area contributed by atoms with Gasteiger partial charge in [-0.1, -0.05) is 0 Å². The number of rotatable bonds is 3. The van der Waals surface area contributed by atoms with Gasteiger partial charge in [-0.05, 0) is 6.92 Å². The second-order valence-electron chi connectivity index (χ2n) is 1.77. The largest absolute Gasteiger partial charge is 0.466 e. The van der Waals surface area contributed by atoms with E-state index in [1.807, 2.05) is 0 Å². The number of primary amides is 1. The van der Waals surface area contributed by atoms with Crippen molar-refractivity contribution in [2.75, 3.05) is 6.61 Å². The molecule has 0 saturated heterocycles. The van der Waals surface area contributed by atoms with E-state index in [4.69, 9.17) is 0 Å². The van der Waals surface area contributed by atoms with Crippen LogP contribution < -0.4 is 5.73 Å². The summed E-state index contributed by atoms with van der Waals surface area (Å²) in [6, 6.07) is 0. The molecular weight excluding hydrogens is 166 g/mol. The second kappa shape index (κ2) is 5.11. The quantitative estimate of drug-likeness (QED) is 0.463. The summed E-state index contributed by atoms with van der Waals surface area (Å²) in [5.41, 5.74) is 4.51. The third-order valence-corrected chi connectivity index (χ3v) is 0.808. The predicted octanol–water partition coefficient (Wildman–Crippen LogP) is -0.438. The van der Waals surface area contributed by atoms with Gasteiger partial charge in [-0.3, -0.25) is 9.59 Å². The highest BCUT2D eigenvalue weighted by molar-refractivity contribution is 5.95. The minimum Gasteiger partial charge on any atom is -0.466 e. The summed E-state index contributed by atoms with van der Waals surface area (Å²) >= 11 is 0. The zero-order chi connectivity index (χ0) is 9.56. The fraction of sp³-hybridized carbons (Fsp3) is 0.500. The van der Waals surface area contributed by atoms with Gasteiger partial charge in [-0.25, -0.2) is 4.79 Å². The standard InChI is InChI=1S/C6H9NO5/c1-2-11-4(8)3-5(9)12-6(7)10/h2-3H2,1H3,(H2,7,10). The topological polar surface area (TPSA) is 95.7 Å². The number of nitrogens with two attached hydrogens (primary N) is 1. The summed E-state index contributed by atoms with van der Waals surface area (Å²) in [7, 11) is 0. The number of ether oxygens (including phenoxy) is 2. The molecule has 0 rings (SSSR count). The van der Waals surface area contributed by atoms with E-state index in [1.54, 1.807) is 6.92 Å². The molecule has 0 bridgehead atoms. The van der Waals surface area contributed by atoms with Crippen molar-refractivity contribution in [3.63, 3.8) is 0 Å². The van der Waals surface area contributed by atoms with Crippen molar-refractivity contribution in [1.82, 2.24) is 0 Å². The van der Waals surface area contributed by atoms with Crippen LogP contribution in [0.1, 0.15) is 13.3 Å². The zero-order valence-corrected chi connectivity index (χ0v) is 6.53. The number of hydrogen-bond acceptors (Lipinski definition) is 5. The average Bonchev–Trinajstić information content (AvgIpc) is 1.84. The van der Waals surface area contributed by atoms with Crippen LogP contribution in [0.3, 0.4) is 0 Å². The van der Waals surface area contributed by atoms with Crippen molar-refractivity contribution in [3.8, 4) is 0 Å². The van der Waals surface area contributed by atoms with E-state index in [-0.39, 0.29) is 6.61 Å². The molecule has 0 heterocycles. The highest BCUT2D eigenvalue weighted by Gasteiger charge is 2.13. The van der Waals surface area contributed by atoms with Gasteiger partial charge in [0, 0.05) is 0 Å². The molecule has 0 aliphatic heterocycles. The lowest BCUT2D eigenvalue weighted by molar-refractivity contribution is -0.150. The number of esters is 2. The average molecular weight is 175 g/mol. The third-order valence-electron chi connectivity index (χ3n) is 0.808. The Balaban J connectivity index is 3.69. The molecule has 6 nitrogen and oxygen atoms in total. The molecule has 68 valence electrons. The molecule has 0 aromatic rings. The first kappa shape index (κ1) is 10.4. The molecule has 0 fully saturated rings. The van der Waals surface area contributed by atoms with Gasteiger partial charge in [0.05, 0.1) is 6.61 Å². The molecule has 0 aromatic carbocycles. The molecule has 0 saturated carbocycles. The Hall–Kier alpha value is -1.59. The summed E-state index contributed by atoms with van der Waals surface area (Å²) in [5.74, 6) is -1.76. The highest BCUT2D eigenvalue weighted by atomic mass is 16.6. The third kappa shape index (κ3) is 5.21.